The monoisotopic (exact) mass is 383 g/mol. The summed E-state index contributed by atoms with van der Waals surface area (Å²) < 4.78 is 10.4. The number of primary amides is 1. The number of hydrogen-bond acceptors (Lipinski definition) is 11. The van der Waals surface area contributed by atoms with E-state index < -0.39 is 41.9 Å². The molecule has 0 aromatic heterocycles. The van der Waals surface area contributed by atoms with E-state index in [4.69, 9.17) is 31.8 Å². The van der Waals surface area contributed by atoms with Gasteiger partial charge in [0.05, 0.1) is 12.8 Å². The molecule has 3 rings (SSSR count). The summed E-state index contributed by atoms with van der Waals surface area (Å²) in [7, 11) is 0. The molecule has 3 aliphatic rings. The fourth-order valence-corrected chi connectivity index (χ4v) is 3.75. The molecule has 1 amide bonds. The van der Waals surface area contributed by atoms with Gasteiger partial charge in [-0.15, -0.1) is 0 Å². The van der Waals surface area contributed by atoms with E-state index in [1.807, 2.05) is 0 Å². The van der Waals surface area contributed by atoms with Crippen LogP contribution in [0.15, 0.2) is 9.98 Å². The molecule has 0 aromatic rings. The first-order chi connectivity index (χ1) is 12.7. The normalized spacial score (nSPS) is 31.1. The minimum atomic E-state index is -1.10. The van der Waals surface area contributed by atoms with Gasteiger partial charge in [0.1, 0.15) is 24.8 Å². The van der Waals surface area contributed by atoms with Gasteiger partial charge in [-0.1, -0.05) is 0 Å². The van der Waals surface area contributed by atoms with E-state index in [0.29, 0.717) is 13.0 Å². The largest absolute Gasteiger partial charge is 0.481 e. The maximum Gasteiger partial charge on any atom is 0.404 e. The number of rotatable bonds is 6. The summed E-state index contributed by atoms with van der Waals surface area (Å²) in [5, 5.41) is 11.7. The molecule has 3 heterocycles. The Bertz CT molecular complexity index is 725. The van der Waals surface area contributed by atoms with Crippen molar-refractivity contribution in [2.75, 3.05) is 13.2 Å². The lowest BCUT2D eigenvalue weighted by Gasteiger charge is -2.46. The molecule has 4 atom stereocenters. The summed E-state index contributed by atoms with van der Waals surface area (Å²) in [5.41, 5.74) is 15.9. The zero-order valence-corrected chi connectivity index (χ0v) is 14.3. The first-order valence-corrected chi connectivity index (χ1v) is 8.30. The number of aliphatic carboxylic acids is 1. The molecule has 13 nitrogen and oxygen atoms in total. The van der Waals surface area contributed by atoms with Crippen molar-refractivity contribution in [3.63, 3.8) is 0 Å². The number of ether oxygens (including phenoxy) is 2. The lowest BCUT2D eigenvalue weighted by Crippen LogP contribution is -2.73. The Labute approximate surface area is 153 Å². The molecule has 27 heavy (non-hydrogen) atoms. The summed E-state index contributed by atoms with van der Waals surface area (Å²) in [6.07, 6.45) is -1.87. The van der Waals surface area contributed by atoms with Crippen LogP contribution in [0.1, 0.15) is 19.3 Å². The van der Waals surface area contributed by atoms with Crippen molar-refractivity contribution in [1.29, 1.82) is 0 Å². The number of carbonyl (C=O) groups excluding carboxylic acids is 2. The highest BCUT2D eigenvalue weighted by atomic mass is 16.6. The lowest BCUT2D eigenvalue weighted by atomic mass is 9.89. The van der Waals surface area contributed by atoms with Crippen LogP contribution >= 0.6 is 0 Å². The first-order valence-electron chi connectivity index (χ1n) is 8.30. The molecule has 13 heteroatoms. The predicted octanol–water partition coefficient (Wildman–Crippen LogP) is -2.76. The average Bonchev–Trinajstić information content (AvgIpc) is 3.11. The third kappa shape index (κ3) is 3.27. The fraction of sp³-hybridized carbons (Fsp3) is 0.643. The van der Waals surface area contributed by atoms with Gasteiger partial charge in [-0.3, -0.25) is 9.59 Å². The smallest absolute Gasteiger partial charge is 0.404 e. The summed E-state index contributed by atoms with van der Waals surface area (Å²) in [6, 6.07) is -1.33. The van der Waals surface area contributed by atoms with E-state index >= 15 is 0 Å². The van der Waals surface area contributed by atoms with Crippen LogP contribution in [0, 0.1) is 0 Å². The SMILES string of the molecule is NC(=O)OC[C@@H]1N=C(N)N2CC[C@H](OC(=O)CCC(=O)O)C23NC(N)=N[C@@H]13. The Morgan fingerprint density at radius 1 is 1.30 bits per heavy atom. The van der Waals surface area contributed by atoms with Crippen molar-refractivity contribution in [2.45, 2.75) is 43.1 Å². The molecule has 1 spiro atoms. The van der Waals surface area contributed by atoms with Crippen LogP contribution in [0.3, 0.4) is 0 Å². The van der Waals surface area contributed by atoms with Crippen molar-refractivity contribution < 1.29 is 29.0 Å². The molecule has 0 radical (unpaired) electrons. The zero-order valence-electron chi connectivity index (χ0n) is 14.3. The second-order valence-electron chi connectivity index (χ2n) is 6.41. The number of aliphatic imine (C=N–C) groups is 2. The zero-order chi connectivity index (χ0) is 19.8. The number of carboxylic acids is 1. The summed E-state index contributed by atoms with van der Waals surface area (Å²) >= 11 is 0. The highest BCUT2D eigenvalue weighted by Crippen LogP contribution is 2.41. The number of carbonyl (C=O) groups is 3. The lowest BCUT2D eigenvalue weighted by molar-refractivity contribution is -0.156. The topological polar surface area (TPSA) is 208 Å². The molecule has 148 valence electrons. The Morgan fingerprint density at radius 2 is 2.04 bits per heavy atom. The van der Waals surface area contributed by atoms with Crippen LogP contribution < -0.4 is 22.5 Å². The van der Waals surface area contributed by atoms with Gasteiger partial charge in [0.25, 0.3) is 0 Å². The van der Waals surface area contributed by atoms with Crippen molar-refractivity contribution >= 4 is 30.0 Å². The minimum absolute atomic E-state index is 0.104. The van der Waals surface area contributed by atoms with E-state index in [1.54, 1.807) is 4.90 Å². The number of guanidine groups is 2. The van der Waals surface area contributed by atoms with Gasteiger partial charge in [-0.05, 0) is 0 Å². The predicted molar refractivity (Wildman–Crippen MR) is 90.3 cm³/mol. The number of hydrogen-bond donors (Lipinski definition) is 5. The first kappa shape index (κ1) is 18.5. The van der Waals surface area contributed by atoms with Gasteiger partial charge < -0.3 is 42.0 Å². The van der Waals surface area contributed by atoms with E-state index in [9.17, 15) is 14.4 Å². The molecule has 0 aromatic carbocycles. The van der Waals surface area contributed by atoms with Gasteiger partial charge in [0.15, 0.2) is 17.6 Å². The number of nitrogens with zero attached hydrogens (tertiary/aromatic N) is 3. The Balaban J connectivity index is 1.84. The van der Waals surface area contributed by atoms with Crippen LogP contribution in [0.4, 0.5) is 4.79 Å². The highest BCUT2D eigenvalue weighted by molar-refractivity contribution is 5.87. The molecule has 0 bridgehead atoms. The molecule has 1 unspecified atom stereocenters. The van der Waals surface area contributed by atoms with Gasteiger partial charge in [0, 0.05) is 13.0 Å². The van der Waals surface area contributed by atoms with Crippen LogP contribution in [-0.2, 0) is 19.1 Å². The van der Waals surface area contributed by atoms with E-state index in [0.717, 1.165) is 0 Å². The molecular weight excluding hydrogens is 362 g/mol. The summed E-state index contributed by atoms with van der Waals surface area (Å²) in [6.45, 7) is 0.246. The van der Waals surface area contributed by atoms with Crippen LogP contribution in [0.25, 0.3) is 0 Å². The maximum atomic E-state index is 12.1. The van der Waals surface area contributed by atoms with Gasteiger partial charge in [0.2, 0.25) is 0 Å². The van der Waals surface area contributed by atoms with Crippen molar-refractivity contribution in [1.82, 2.24) is 10.2 Å². The standard InChI is InChI=1S/C14H21N7O6/c15-11-19-10-6(5-26-13(17)25)18-12(16)21-4-3-7(14(10,21)20-11)27-9(24)2-1-8(22)23/h6-7,10H,1-5H2,(H2,16,18)(H2,17,25)(H,22,23)(H3,15,19,20)/t6-,7-,10-,14?/m0/s1. The fourth-order valence-electron chi connectivity index (χ4n) is 3.75. The van der Waals surface area contributed by atoms with Gasteiger partial charge >= 0.3 is 18.0 Å². The van der Waals surface area contributed by atoms with Crippen LogP contribution in [0.2, 0.25) is 0 Å². The number of nitrogens with two attached hydrogens (primary N) is 3. The molecular formula is C14H21N7O6. The van der Waals surface area contributed by atoms with Crippen LogP contribution in [0.5, 0.6) is 0 Å². The number of esters is 1. The maximum absolute atomic E-state index is 12.1. The van der Waals surface area contributed by atoms with Crippen molar-refractivity contribution in [3.05, 3.63) is 0 Å². The number of carboxylic acid groups (broad SMARTS) is 1. The third-order valence-corrected chi connectivity index (χ3v) is 4.76. The number of amides is 1. The average molecular weight is 383 g/mol. The molecule has 0 aliphatic carbocycles. The Hall–Kier alpha value is -3.25. The molecule has 1 fully saturated rings. The molecule has 8 N–H and O–H groups in total. The second kappa shape index (κ2) is 6.81. The van der Waals surface area contributed by atoms with E-state index in [-0.39, 0.29) is 31.4 Å². The summed E-state index contributed by atoms with van der Waals surface area (Å²) in [4.78, 5) is 44.0. The quantitative estimate of drug-likeness (QED) is 0.298. The number of nitrogens with one attached hydrogen (secondary N) is 1. The van der Waals surface area contributed by atoms with E-state index in [1.165, 1.54) is 0 Å². The molecule has 0 saturated carbocycles. The second-order valence-corrected chi connectivity index (χ2v) is 6.41. The Kier molecular flexibility index (Phi) is 4.68. The van der Waals surface area contributed by atoms with E-state index in [2.05, 4.69) is 15.3 Å². The minimum Gasteiger partial charge on any atom is -0.481 e. The molecule has 3 aliphatic heterocycles. The highest BCUT2D eigenvalue weighted by Gasteiger charge is 2.64. The van der Waals surface area contributed by atoms with Crippen LogP contribution in [-0.4, -0.2) is 77.0 Å². The van der Waals surface area contributed by atoms with Gasteiger partial charge in [-0.25, -0.2) is 14.8 Å². The van der Waals surface area contributed by atoms with Gasteiger partial charge in [-0.2, -0.15) is 0 Å². The van der Waals surface area contributed by atoms with Crippen molar-refractivity contribution in [2.24, 2.45) is 27.2 Å². The summed E-state index contributed by atoms with van der Waals surface area (Å²) in [5.74, 6) is -1.49. The third-order valence-electron chi connectivity index (χ3n) is 4.76. The Morgan fingerprint density at radius 3 is 2.70 bits per heavy atom. The van der Waals surface area contributed by atoms with Crippen molar-refractivity contribution in [3.8, 4) is 0 Å². The molecule has 1 saturated heterocycles.